The van der Waals surface area contributed by atoms with Crippen molar-refractivity contribution in [3.8, 4) is 11.5 Å². The van der Waals surface area contributed by atoms with E-state index in [9.17, 15) is 0 Å². The van der Waals surface area contributed by atoms with Crippen LogP contribution >= 0.6 is 11.3 Å². The molecule has 0 saturated heterocycles. The Kier molecular flexibility index (Phi) is 5.26. The van der Waals surface area contributed by atoms with Crippen LogP contribution in [-0.4, -0.2) is 14.2 Å². The van der Waals surface area contributed by atoms with Gasteiger partial charge in [0.25, 0.3) is 0 Å². The minimum Gasteiger partial charge on any atom is -0.493 e. The van der Waals surface area contributed by atoms with Crippen LogP contribution in [0.5, 0.6) is 11.5 Å². The van der Waals surface area contributed by atoms with E-state index in [1.165, 1.54) is 15.3 Å². The molecule has 0 aliphatic heterocycles. The van der Waals surface area contributed by atoms with Crippen LogP contribution in [0.25, 0.3) is 0 Å². The molecule has 0 saturated carbocycles. The first kappa shape index (κ1) is 15.9. The van der Waals surface area contributed by atoms with Gasteiger partial charge in [-0.1, -0.05) is 12.1 Å². The van der Waals surface area contributed by atoms with Crippen LogP contribution in [0.4, 0.5) is 0 Å². The fraction of sp³-hybridized carbons (Fsp3) is 0.412. The molecule has 1 aromatic heterocycles. The second-order valence-electron chi connectivity index (χ2n) is 5.12. The molecule has 1 aromatic carbocycles. The third-order valence-electron chi connectivity index (χ3n) is 3.63. The minimum atomic E-state index is 0.311. The van der Waals surface area contributed by atoms with Gasteiger partial charge in [0.2, 0.25) is 0 Å². The SMILES string of the molecule is COc1cccc(CNC(C)c2cc(C)sc2C)c1OC. The van der Waals surface area contributed by atoms with Crippen molar-refractivity contribution in [2.75, 3.05) is 14.2 Å². The molecule has 1 atom stereocenters. The standard InChI is InChI=1S/C17H23NO2S/c1-11-9-15(13(3)21-11)12(2)18-10-14-7-6-8-16(19-4)17(14)20-5/h6-9,12,18H,10H2,1-5H3. The van der Waals surface area contributed by atoms with E-state index in [0.29, 0.717) is 6.04 Å². The molecule has 0 spiro atoms. The zero-order valence-corrected chi connectivity index (χ0v) is 14.1. The number of methoxy groups -OCH3 is 2. The second kappa shape index (κ2) is 6.96. The average Bonchev–Trinajstić information content (AvgIpc) is 2.82. The zero-order valence-electron chi connectivity index (χ0n) is 13.3. The number of ether oxygens (including phenoxy) is 2. The van der Waals surface area contributed by atoms with Crippen LogP contribution < -0.4 is 14.8 Å². The lowest BCUT2D eigenvalue weighted by atomic mass is 10.1. The molecule has 0 radical (unpaired) electrons. The highest BCUT2D eigenvalue weighted by atomic mass is 32.1. The lowest BCUT2D eigenvalue weighted by molar-refractivity contribution is 0.350. The Morgan fingerprint density at radius 3 is 2.52 bits per heavy atom. The highest BCUT2D eigenvalue weighted by Crippen LogP contribution is 2.31. The van der Waals surface area contributed by atoms with E-state index in [0.717, 1.165) is 23.6 Å². The molecule has 0 bridgehead atoms. The van der Waals surface area contributed by atoms with Gasteiger partial charge in [-0.3, -0.25) is 0 Å². The summed E-state index contributed by atoms with van der Waals surface area (Å²) in [7, 11) is 3.34. The third kappa shape index (κ3) is 3.57. The van der Waals surface area contributed by atoms with E-state index in [2.05, 4.69) is 38.2 Å². The smallest absolute Gasteiger partial charge is 0.165 e. The number of hydrogen-bond donors (Lipinski definition) is 1. The molecule has 0 amide bonds. The van der Waals surface area contributed by atoms with Crippen molar-refractivity contribution in [3.05, 3.63) is 45.1 Å². The van der Waals surface area contributed by atoms with Crippen LogP contribution in [0, 0.1) is 13.8 Å². The molecular formula is C17H23NO2S. The summed E-state index contributed by atoms with van der Waals surface area (Å²) in [5, 5.41) is 3.57. The number of rotatable bonds is 6. The Hall–Kier alpha value is -1.52. The van der Waals surface area contributed by atoms with Crippen molar-refractivity contribution in [2.24, 2.45) is 0 Å². The molecule has 0 aliphatic carbocycles. The van der Waals surface area contributed by atoms with Crippen molar-refractivity contribution in [1.29, 1.82) is 0 Å². The van der Waals surface area contributed by atoms with Crippen molar-refractivity contribution >= 4 is 11.3 Å². The fourth-order valence-corrected chi connectivity index (χ4v) is 3.57. The van der Waals surface area contributed by atoms with Crippen molar-refractivity contribution < 1.29 is 9.47 Å². The van der Waals surface area contributed by atoms with Gasteiger partial charge in [0.15, 0.2) is 11.5 Å². The van der Waals surface area contributed by atoms with Crippen LogP contribution in [0.2, 0.25) is 0 Å². The van der Waals surface area contributed by atoms with E-state index < -0.39 is 0 Å². The van der Waals surface area contributed by atoms with Crippen LogP contribution in [0.3, 0.4) is 0 Å². The van der Waals surface area contributed by atoms with Gasteiger partial charge in [-0.2, -0.15) is 0 Å². The van der Waals surface area contributed by atoms with Crippen LogP contribution in [0.15, 0.2) is 24.3 Å². The second-order valence-corrected chi connectivity index (χ2v) is 6.58. The molecule has 114 valence electrons. The summed E-state index contributed by atoms with van der Waals surface area (Å²) in [6.07, 6.45) is 0. The fourth-order valence-electron chi connectivity index (χ4n) is 2.55. The van der Waals surface area contributed by atoms with Crippen molar-refractivity contribution in [2.45, 2.75) is 33.4 Å². The Balaban J connectivity index is 2.11. The first-order valence-corrected chi connectivity index (χ1v) is 7.88. The van der Waals surface area contributed by atoms with Crippen molar-refractivity contribution in [3.63, 3.8) is 0 Å². The maximum atomic E-state index is 5.47. The van der Waals surface area contributed by atoms with Gasteiger partial charge < -0.3 is 14.8 Å². The highest BCUT2D eigenvalue weighted by molar-refractivity contribution is 7.12. The number of nitrogens with one attached hydrogen (secondary N) is 1. The normalized spacial score (nSPS) is 12.2. The van der Waals surface area contributed by atoms with Gasteiger partial charge in [0, 0.05) is 27.9 Å². The third-order valence-corrected chi connectivity index (χ3v) is 4.61. The predicted octanol–water partition coefficient (Wildman–Crippen LogP) is 4.23. The highest BCUT2D eigenvalue weighted by Gasteiger charge is 2.13. The predicted molar refractivity (Wildman–Crippen MR) is 88.6 cm³/mol. The quantitative estimate of drug-likeness (QED) is 0.866. The summed E-state index contributed by atoms with van der Waals surface area (Å²) in [6.45, 7) is 7.27. The molecule has 1 heterocycles. The molecule has 2 rings (SSSR count). The number of aryl methyl sites for hydroxylation is 2. The number of benzene rings is 1. The van der Waals surface area contributed by atoms with Gasteiger partial charge in [0.05, 0.1) is 14.2 Å². The number of hydrogen-bond acceptors (Lipinski definition) is 4. The summed E-state index contributed by atoms with van der Waals surface area (Å²) < 4.78 is 10.8. The zero-order chi connectivity index (χ0) is 15.4. The maximum Gasteiger partial charge on any atom is 0.165 e. The summed E-state index contributed by atoms with van der Waals surface area (Å²) >= 11 is 1.85. The first-order chi connectivity index (χ1) is 10.1. The molecule has 3 nitrogen and oxygen atoms in total. The number of thiophene rings is 1. The molecule has 4 heteroatoms. The van der Waals surface area contributed by atoms with Gasteiger partial charge in [-0.15, -0.1) is 11.3 Å². The van der Waals surface area contributed by atoms with Gasteiger partial charge in [-0.25, -0.2) is 0 Å². The lowest BCUT2D eigenvalue weighted by Gasteiger charge is -2.17. The van der Waals surface area contributed by atoms with Gasteiger partial charge in [-0.05, 0) is 38.5 Å². The Morgan fingerprint density at radius 2 is 1.95 bits per heavy atom. The molecule has 1 N–H and O–H groups in total. The van der Waals surface area contributed by atoms with Crippen molar-refractivity contribution in [1.82, 2.24) is 5.32 Å². The first-order valence-electron chi connectivity index (χ1n) is 7.07. The molecule has 21 heavy (non-hydrogen) atoms. The van der Waals surface area contributed by atoms with Crippen LogP contribution in [0.1, 0.15) is 33.8 Å². The monoisotopic (exact) mass is 305 g/mol. The van der Waals surface area contributed by atoms with E-state index >= 15 is 0 Å². The average molecular weight is 305 g/mol. The molecule has 0 aliphatic rings. The Morgan fingerprint density at radius 1 is 1.19 bits per heavy atom. The van der Waals surface area contributed by atoms with Gasteiger partial charge >= 0.3 is 0 Å². The molecule has 2 aromatic rings. The molecule has 0 fully saturated rings. The summed E-state index contributed by atoms with van der Waals surface area (Å²) in [5.41, 5.74) is 2.48. The Labute approximate surface area is 130 Å². The number of para-hydroxylation sites is 1. The van der Waals surface area contributed by atoms with E-state index in [1.807, 2.05) is 23.5 Å². The summed E-state index contributed by atoms with van der Waals surface area (Å²) in [5.74, 6) is 1.57. The minimum absolute atomic E-state index is 0.311. The Bertz CT molecular complexity index is 607. The summed E-state index contributed by atoms with van der Waals surface area (Å²) in [6, 6.07) is 8.54. The maximum absolute atomic E-state index is 5.47. The van der Waals surface area contributed by atoms with Gasteiger partial charge in [0.1, 0.15) is 0 Å². The molecular weight excluding hydrogens is 282 g/mol. The topological polar surface area (TPSA) is 30.5 Å². The van der Waals surface area contributed by atoms with E-state index in [1.54, 1.807) is 14.2 Å². The lowest BCUT2D eigenvalue weighted by Crippen LogP contribution is -2.18. The molecule has 1 unspecified atom stereocenters. The summed E-state index contributed by atoms with van der Waals surface area (Å²) in [4.78, 5) is 2.74. The van der Waals surface area contributed by atoms with E-state index in [4.69, 9.17) is 9.47 Å². The largest absolute Gasteiger partial charge is 0.493 e. The van der Waals surface area contributed by atoms with Crippen LogP contribution in [-0.2, 0) is 6.54 Å². The van der Waals surface area contributed by atoms with E-state index in [-0.39, 0.29) is 0 Å².